The second kappa shape index (κ2) is 7.06. The molecule has 0 amide bonds. The fourth-order valence-corrected chi connectivity index (χ4v) is 2.88. The zero-order chi connectivity index (χ0) is 13.7. The molecule has 1 saturated heterocycles. The Labute approximate surface area is 117 Å². The minimum atomic E-state index is 0.433. The van der Waals surface area contributed by atoms with Gasteiger partial charge < -0.3 is 10.1 Å². The molecule has 1 aliphatic heterocycles. The van der Waals surface area contributed by atoms with Crippen molar-refractivity contribution in [2.24, 2.45) is 0 Å². The highest BCUT2D eigenvalue weighted by atomic mass is 16.5. The molecule has 1 aromatic carbocycles. The molecule has 2 unspecified atom stereocenters. The maximum Gasteiger partial charge on any atom is 0.0594 e. The highest BCUT2D eigenvalue weighted by Gasteiger charge is 2.22. The largest absolute Gasteiger partial charge is 0.378 e. The SMILES string of the molecule is CCCNC(CC1CCCO1)c1cccc(C)c1C. The number of hydrogen-bond donors (Lipinski definition) is 1. The average Bonchev–Trinajstić information content (AvgIpc) is 2.91. The van der Waals surface area contributed by atoms with Crippen LogP contribution in [-0.2, 0) is 4.74 Å². The fourth-order valence-electron chi connectivity index (χ4n) is 2.88. The molecule has 1 aromatic rings. The van der Waals surface area contributed by atoms with Crippen LogP contribution in [-0.4, -0.2) is 19.3 Å². The number of benzene rings is 1. The van der Waals surface area contributed by atoms with Crippen LogP contribution in [0.25, 0.3) is 0 Å². The minimum Gasteiger partial charge on any atom is -0.378 e. The van der Waals surface area contributed by atoms with Crippen LogP contribution >= 0.6 is 0 Å². The lowest BCUT2D eigenvalue weighted by Crippen LogP contribution is -2.27. The van der Waals surface area contributed by atoms with E-state index < -0.39 is 0 Å². The first-order valence-electron chi connectivity index (χ1n) is 7.63. The molecule has 2 atom stereocenters. The lowest BCUT2D eigenvalue weighted by Gasteiger charge is -2.24. The lowest BCUT2D eigenvalue weighted by molar-refractivity contribution is 0.0945. The van der Waals surface area contributed by atoms with Crippen LogP contribution in [0.2, 0.25) is 0 Å². The number of nitrogens with one attached hydrogen (secondary N) is 1. The first-order valence-corrected chi connectivity index (χ1v) is 7.63. The molecule has 106 valence electrons. The summed E-state index contributed by atoms with van der Waals surface area (Å²) in [5.74, 6) is 0. The van der Waals surface area contributed by atoms with Gasteiger partial charge in [0.25, 0.3) is 0 Å². The van der Waals surface area contributed by atoms with Crippen molar-refractivity contribution in [2.75, 3.05) is 13.2 Å². The molecule has 1 aliphatic rings. The summed E-state index contributed by atoms with van der Waals surface area (Å²) >= 11 is 0. The van der Waals surface area contributed by atoms with E-state index in [1.54, 1.807) is 0 Å². The molecule has 1 N–H and O–H groups in total. The molecule has 0 bridgehead atoms. The minimum absolute atomic E-state index is 0.433. The van der Waals surface area contributed by atoms with Crippen molar-refractivity contribution >= 4 is 0 Å². The van der Waals surface area contributed by atoms with Crippen molar-refractivity contribution in [3.8, 4) is 0 Å². The van der Waals surface area contributed by atoms with E-state index in [-0.39, 0.29) is 0 Å². The Hall–Kier alpha value is -0.860. The molecule has 0 radical (unpaired) electrons. The van der Waals surface area contributed by atoms with Gasteiger partial charge in [0.2, 0.25) is 0 Å². The maximum absolute atomic E-state index is 5.81. The van der Waals surface area contributed by atoms with E-state index >= 15 is 0 Å². The fraction of sp³-hybridized carbons (Fsp3) is 0.647. The van der Waals surface area contributed by atoms with E-state index in [1.165, 1.54) is 36.0 Å². The number of aryl methyl sites for hydroxylation is 1. The highest BCUT2D eigenvalue weighted by Crippen LogP contribution is 2.28. The lowest BCUT2D eigenvalue weighted by atomic mass is 9.93. The molecule has 0 aliphatic carbocycles. The standard InChI is InChI=1S/C17H27NO/c1-4-10-18-17(12-15-8-6-11-19-15)16-9-5-7-13(2)14(16)3/h5,7,9,15,17-18H,4,6,8,10-12H2,1-3H3. The van der Waals surface area contributed by atoms with Crippen LogP contribution in [0.1, 0.15) is 55.3 Å². The molecule has 2 nitrogen and oxygen atoms in total. The van der Waals surface area contributed by atoms with E-state index in [2.05, 4.69) is 44.3 Å². The zero-order valence-corrected chi connectivity index (χ0v) is 12.5. The van der Waals surface area contributed by atoms with E-state index in [4.69, 9.17) is 4.74 Å². The predicted octanol–water partition coefficient (Wildman–Crippen LogP) is 3.91. The van der Waals surface area contributed by atoms with Crippen molar-refractivity contribution < 1.29 is 4.74 Å². The molecule has 2 rings (SSSR count). The summed E-state index contributed by atoms with van der Waals surface area (Å²) in [4.78, 5) is 0. The maximum atomic E-state index is 5.81. The van der Waals surface area contributed by atoms with Crippen LogP contribution in [0.15, 0.2) is 18.2 Å². The van der Waals surface area contributed by atoms with Gasteiger partial charge in [-0.2, -0.15) is 0 Å². The molecule has 0 saturated carbocycles. The number of rotatable bonds is 6. The Morgan fingerprint density at radius 3 is 2.89 bits per heavy atom. The van der Waals surface area contributed by atoms with Gasteiger partial charge in [-0.3, -0.25) is 0 Å². The summed E-state index contributed by atoms with van der Waals surface area (Å²) in [7, 11) is 0. The Bertz CT molecular complexity index is 396. The molecule has 1 heterocycles. The Morgan fingerprint density at radius 1 is 1.37 bits per heavy atom. The van der Waals surface area contributed by atoms with Gasteiger partial charge in [0.1, 0.15) is 0 Å². The normalized spacial score (nSPS) is 20.7. The van der Waals surface area contributed by atoms with E-state index in [0.717, 1.165) is 19.6 Å². The summed E-state index contributed by atoms with van der Waals surface area (Å²) in [5, 5.41) is 3.70. The van der Waals surface area contributed by atoms with E-state index in [0.29, 0.717) is 12.1 Å². The quantitative estimate of drug-likeness (QED) is 0.838. The third-order valence-electron chi connectivity index (χ3n) is 4.19. The summed E-state index contributed by atoms with van der Waals surface area (Å²) in [5.41, 5.74) is 4.26. The van der Waals surface area contributed by atoms with Gasteiger partial charge in [0.15, 0.2) is 0 Å². The summed E-state index contributed by atoms with van der Waals surface area (Å²) in [6.07, 6.45) is 5.15. The topological polar surface area (TPSA) is 21.3 Å². The van der Waals surface area contributed by atoms with Crippen molar-refractivity contribution in [1.29, 1.82) is 0 Å². The average molecular weight is 261 g/mol. The predicted molar refractivity (Wildman–Crippen MR) is 80.5 cm³/mol. The van der Waals surface area contributed by atoms with Crippen LogP contribution in [0, 0.1) is 13.8 Å². The Morgan fingerprint density at radius 2 is 2.21 bits per heavy atom. The van der Waals surface area contributed by atoms with E-state index in [9.17, 15) is 0 Å². The van der Waals surface area contributed by atoms with Gasteiger partial charge in [0, 0.05) is 12.6 Å². The van der Waals surface area contributed by atoms with Gasteiger partial charge in [-0.1, -0.05) is 25.1 Å². The number of hydrogen-bond acceptors (Lipinski definition) is 2. The monoisotopic (exact) mass is 261 g/mol. The Balaban J connectivity index is 2.13. The summed E-state index contributed by atoms with van der Waals surface area (Å²) in [6.45, 7) is 8.67. The van der Waals surface area contributed by atoms with Gasteiger partial charge in [-0.05, 0) is 62.8 Å². The van der Waals surface area contributed by atoms with Crippen molar-refractivity contribution in [1.82, 2.24) is 5.32 Å². The van der Waals surface area contributed by atoms with E-state index in [1.807, 2.05) is 0 Å². The Kier molecular flexibility index (Phi) is 5.41. The van der Waals surface area contributed by atoms with Crippen molar-refractivity contribution in [2.45, 2.75) is 58.6 Å². The van der Waals surface area contributed by atoms with Crippen molar-refractivity contribution in [3.05, 3.63) is 34.9 Å². The van der Waals surface area contributed by atoms with Crippen molar-refractivity contribution in [3.63, 3.8) is 0 Å². The van der Waals surface area contributed by atoms with Gasteiger partial charge in [0.05, 0.1) is 6.10 Å². The molecular weight excluding hydrogens is 234 g/mol. The third-order valence-corrected chi connectivity index (χ3v) is 4.19. The van der Waals surface area contributed by atoms with Crippen LogP contribution < -0.4 is 5.32 Å². The molecule has 19 heavy (non-hydrogen) atoms. The van der Waals surface area contributed by atoms with Gasteiger partial charge in [-0.25, -0.2) is 0 Å². The van der Waals surface area contributed by atoms with Crippen LogP contribution in [0.5, 0.6) is 0 Å². The molecule has 0 aromatic heterocycles. The summed E-state index contributed by atoms with van der Waals surface area (Å²) < 4.78 is 5.81. The second-order valence-corrected chi connectivity index (χ2v) is 5.67. The van der Waals surface area contributed by atoms with Gasteiger partial charge >= 0.3 is 0 Å². The third kappa shape index (κ3) is 3.80. The first kappa shape index (κ1) is 14.5. The summed E-state index contributed by atoms with van der Waals surface area (Å²) in [6, 6.07) is 7.07. The number of ether oxygens (including phenoxy) is 1. The first-order chi connectivity index (χ1) is 9.22. The van der Waals surface area contributed by atoms with Gasteiger partial charge in [-0.15, -0.1) is 0 Å². The zero-order valence-electron chi connectivity index (χ0n) is 12.5. The highest BCUT2D eigenvalue weighted by molar-refractivity contribution is 5.35. The van der Waals surface area contributed by atoms with Crippen LogP contribution in [0.4, 0.5) is 0 Å². The molecular formula is C17H27NO. The molecule has 1 fully saturated rings. The molecule has 0 spiro atoms. The molecule has 2 heteroatoms. The second-order valence-electron chi connectivity index (χ2n) is 5.67. The smallest absolute Gasteiger partial charge is 0.0594 e. The van der Waals surface area contributed by atoms with Crippen LogP contribution in [0.3, 0.4) is 0 Å².